The number of hydrogen-bond donors (Lipinski definition) is 5. The van der Waals surface area contributed by atoms with E-state index in [1.807, 2.05) is 30.3 Å². The molecule has 52 heavy (non-hydrogen) atoms. The Morgan fingerprint density at radius 2 is 1.56 bits per heavy atom. The van der Waals surface area contributed by atoms with Crippen molar-refractivity contribution in [2.75, 3.05) is 13.2 Å². The van der Waals surface area contributed by atoms with Gasteiger partial charge >= 0.3 is 59.1 Å². The van der Waals surface area contributed by atoms with E-state index in [1.54, 1.807) is 24.3 Å². The molecule has 3 amide bonds. The predicted molar refractivity (Wildman–Crippen MR) is 170 cm³/mol. The number of carboxylic acids is 2. The normalized spacial score (nSPS) is 20.6. The van der Waals surface area contributed by atoms with Crippen LogP contribution < -0.4 is 85.3 Å². The molecule has 0 aliphatic carbocycles. The van der Waals surface area contributed by atoms with Crippen LogP contribution in [-0.2, 0) is 23.9 Å². The van der Waals surface area contributed by atoms with Crippen molar-refractivity contribution in [2.45, 2.75) is 75.2 Å². The number of aliphatic hydroxyl groups excluding tert-OH is 2. The van der Waals surface area contributed by atoms with Gasteiger partial charge in [0, 0.05) is 31.4 Å². The fraction of sp³-hybridized carbons (Fsp3) is 0.400. The maximum Gasteiger partial charge on any atom is 1.00 e. The molecule has 1 saturated heterocycles. The number of rotatable bonds is 17. The van der Waals surface area contributed by atoms with Crippen LogP contribution in [0.4, 0.5) is 0 Å². The SMILES string of the molecule is CC(=O)N[C@H]1[C@H]([C@H](O)[C@H](O)CNC(=O)c2ccc(-c3ccccc3)cc2)O[C@@](OCCCCCC(=O)[O-])(C(=O)[O-])C[C@@H]1NC(=O)c1ccco1.[Na+].[Na+]. The Balaban J connectivity index is 0.00000468. The Labute approximate surface area is 344 Å². The van der Waals surface area contributed by atoms with E-state index in [-0.39, 0.29) is 96.3 Å². The number of ether oxygens (including phenoxy) is 2. The summed E-state index contributed by atoms with van der Waals surface area (Å²) in [6.45, 7) is 0.377. The molecule has 5 N–H and O–H groups in total. The average Bonchev–Trinajstić information content (AvgIpc) is 3.65. The number of amides is 3. The molecule has 0 spiro atoms. The summed E-state index contributed by atoms with van der Waals surface area (Å²) in [5, 5.41) is 53.4. The van der Waals surface area contributed by atoms with Crippen LogP contribution in [0.3, 0.4) is 0 Å². The maximum atomic E-state index is 13.0. The zero-order valence-corrected chi connectivity index (χ0v) is 33.2. The molecule has 1 aliphatic rings. The van der Waals surface area contributed by atoms with Crippen LogP contribution in [0.1, 0.15) is 59.9 Å². The van der Waals surface area contributed by atoms with Crippen molar-refractivity contribution in [1.29, 1.82) is 0 Å². The Bertz CT molecular complexity index is 1610. The molecule has 0 unspecified atom stereocenters. The third kappa shape index (κ3) is 12.5. The topological polar surface area (TPSA) is 240 Å². The molecule has 1 aliphatic heterocycles. The molecule has 4 rings (SSSR count). The summed E-state index contributed by atoms with van der Waals surface area (Å²) in [5.41, 5.74) is 2.09. The van der Waals surface area contributed by atoms with Crippen molar-refractivity contribution in [2.24, 2.45) is 0 Å². The summed E-state index contributed by atoms with van der Waals surface area (Å²) in [4.78, 5) is 61.6. The first-order valence-corrected chi connectivity index (χ1v) is 16.0. The molecule has 0 bridgehead atoms. The third-order valence-electron chi connectivity index (χ3n) is 8.16. The van der Waals surface area contributed by atoms with Gasteiger partial charge in [-0.1, -0.05) is 48.9 Å². The van der Waals surface area contributed by atoms with Gasteiger partial charge in [0.2, 0.25) is 11.7 Å². The maximum absolute atomic E-state index is 13.0. The third-order valence-corrected chi connectivity index (χ3v) is 8.16. The molecular formula is C35H39N3Na2O12. The molecule has 17 heteroatoms. The molecule has 3 aromatic rings. The summed E-state index contributed by atoms with van der Waals surface area (Å²) in [6.07, 6.45) is -4.25. The van der Waals surface area contributed by atoms with E-state index in [9.17, 15) is 44.4 Å². The Kier molecular flexibility index (Phi) is 18.7. The predicted octanol–water partition coefficient (Wildman–Crippen LogP) is -6.73. The van der Waals surface area contributed by atoms with E-state index in [4.69, 9.17) is 13.9 Å². The standard InChI is InChI=1S/C35H41N3O12.2Na/c1-21(39)37-29-25(38-33(45)27-11-8-17-48-27)19-35(34(46)47,49-18-7-3-6-12-28(41)42)50-31(29)30(43)26(40)20-36-32(44)24-15-13-23(14-16-24)22-9-4-2-5-10-22;;/h2,4-5,8-11,13-17,25-26,29-31,40,43H,3,6-7,12,18-20H2,1H3,(H,36,44)(H,37,39)(H,38,45)(H,41,42)(H,46,47);;/q;2*+1/p-2/t25-,26+,29+,30+,31+,35+;;/m0../s1. The number of furan rings is 1. The van der Waals surface area contributed by atoms with E-state index in [0.29, 0.717) is 6.42 Å². The number of aliphatic hydroxyl groups is 2. The van der Waals surface area contributed by atoms with Gasteiger partial charge in [-0.05, 0) is 54.7 Å². The van der Waals surface area contributed by atoms with Crippen LogP contribution in [0.25, 0.3) is 11.1 Å². The van der Waals surface area contributed by atoms with Gasteiger partial charge in [-0.15, -0.1) is 0 Å². The second-order valence-electron chi connectivity index (χ2n) is 11.9. The van der Waals surface area contributed by atoms with E-state index in [0.717, 1.165) is 18.1 Å². The first kappa shape index (κ1) is 45.1. The van der Waals surface area contributed by atoms with Crippen LogP contribution >= 0.6 is 0 Å². The Hall–Kier alpha value is -3.09. The van der Waals surface area contributed by atoms with Crippen molar-refractivity contribution >= 4 is 29.7 Å². The first-order chi connectivity index (χ1) is 23.9. The van der Waals surface area contributed by atoms with Crippen molar-refractivity contribution < 1.29 is 117 Å². The largest absolute Gasteiger partial charge is 1.00 e. The number of carbonyl (C=O) groups excluding carboxylic acids is 5. The van der Waals surface area contributed by atoms with Gasteiger partial charge in [-0.3, -0.25) is 14.4 Å². The van der Waals surface area contributed by atoms with E-state index >= 15 is 0 Å². The molecule has 0 saturated carbocycles. The van der Waals surface area contributed by atoms with Gasteiger partial charge in [-0.2, -0.15) is 0 Å². The van der Waals surface area contributed by atoms with Gasteiger partial charge in [0.25, 0.3) is 11.8 Å². The molecule has 268 valence electrons. The molecule has 0 radical (unpaired) electrons. The van der Waals surface area contributed by atoms with Crippen molar-refractivity contribution in [3.05, 3.63) is 84.3 Å². The van der Waals surface area contributed by atoms with E-state index < -0.39 is 78.8 Å². The van der Waals surface area contributed by atoms with Gasteiger partial charge < -0.3 is 59.9 Å². The van der Waals surface area contributed by atoms with Crippen LogP contribution in [0, 0.1) is 0 Å². The van der Waals surface area contributed by atoms with Crippen molar-refractivity contribution in [3.63, 3.8) is 0 Å². The van der Waals surface area contributed by atoms with Crippen LogP contribution in [0.15, 0.2) is 77.4 Å². The monoisotopic (exact) mass is 739 g/mol. The van der Waals surface area contributed by atoms with Gasteiger partial charge in [0.15, 0.2) is 5.76 Å². The quantitative estimate of drug-likeness (QED) is 0.0642. The minimum absolute atomic E-state index is 0. The second kappa shape index (κ2) is 21.6. The van der Waals surface area contributed by atoms with E-state index in [1.165, 1.54) is 18.4 Å². The fourth-order valence-electron chi connectivity index (χ4n) is 5.63. The molecule has 2 aromatic carbocycles. The molecule has 6 atom stereocenters. The number of carbonyl (C=O) groups is 5. The molecule has 1 fully saturated rings. The van der Waals surface area contributed by atoms with Gasteiger partial charge in [-0.25, -0.2) is 0 Å². The summed E-state index contributed by atoms with van der Waals surface area (Å²) >= 11 is 0. The van der Waals surface area contributed by atoms with E-state index in [2.05, 4.69) is 16.0 Å². The molecule has 1 aromatic heterocycles. The molecule has 15 nitrogen and oxygen atoms in total. The number of unbranched alkanes of at least 4 members (excludes halogenated alkanes) is 2. The second-order valence-corrected chi connectivity index (χ2v) is 11.9. The van der Waals surface area contributed by atoms with Gasteiger partial charge in [0.05, 0.1) is 31.1 Å². The van der Waals surface area contributed by atoms with Crippen LogP contribution in [0.2, 0.25) is 0 Å². The summed E-state index contributed by atoms with van der Waals surface area (Å²) in [6, 6.07) is 16.4. The van der Waals surface area contributed by atoms with Crippen molar-refractivity contribution in [1.82, 2.24) is 16.0 Å². The number of aliphatic carboxylic acids is 2. The minimum atomic E-state index is -2.60. The van der Waals surface area contributed by atoms with Crippen LogP contribution in [-0.4, -0.2) is 89.2 Å². The minimum Gasteiger partial charge on any atom is -0.550 e. The first-order valence-electron chi connectivity index (χ1n) is 16.0. The number of carboxylic acid groups (broad SMARTS) is 2. The Morgan fingerprint density at radius 1 is 0.885 bits per heavy atom. The van der Waals surface area contributed by atoms with Crippen LogP contribution in [0.5, 0.6) is 0 Å². The Morgan fingerprint density at radius 3 is 2.15 bits per heavy atom. The number of nitrogens with one attached hydrogen (secondary N) is 3. The summed E-state index contributed by atoms with van der Waals surface area (Å²) in [5.74, 6) is -7.84. The number of hydrogen-bond acceptors (Lipinski definition) is 12. The molecular weight excluding hydrogens is 700 g/mol. The average molecular weight is 740 g/mol. The number of benzene rings is 2. The summed E-state index contributed by atoms with van der Waals surface area (Å²) < 4.78 is 16.6. The van der Waals surface area contributed by atoms with Crippen molar-refractivity contribution in [3.8, 4) is 11.1 Å². The summed E-state index contributed by atoms with van der Waals surface area (Å²) in [7, 11) is 0. The fourth-order valence-corrected chi connectivity index (χ4v) is 5.63. The smallest absolute Gasteiger partial charge is 0.550 e. The zero-order valence-electron chi connectivity index (χ0n) is 29.2. The van der Waals surface area contributed by atoms with Gasteiger partial charge in [0.1, 0.15) is 18.2 Å². The molecule has 2 heterocycles. The zero-order chi connectivity index (χ0) is 36.3.